The van der Waals surface area contributed by atoms with E-state index in [0.29, 0.717) is 12.0 Å². The Morgan fingerprint density at radius 3 is 2.50 bits per heavy atom. The monoisotopic (exact) mass is 271 g/mol. The van der Waals surface area contributed by atoms with Crippen molar-refractivity contribution in [2.24, 2.45) is 0 Å². The largest absolute Gasteiger partial charge is 0.311 e. The van der Waals surface area contributed by atoms with Crippen LogP contribution in [0, 0.1) is 0 Å². The summed E-state index contributed by atoms with van der Waals surface area (Å²) < 4.78 is 2.13. The Hall–Kier alpha value is -1.61. The average molecular weight is 271 g/mol. The van der Waals surface area contributed by atoms with E-state index >= 15 is 0 Å². The van der Waals surface area contributed by atoms with Gasteiger partial charge in [0.25, 0.3) is 0 Å². The highest BCUT2D eigenvalue weighted by Crippen LogP contribution is 2.33. The van der Waals surface area contributed by atoms with E-state index in [1.165, 1.54) is 11.3 Å². The number of likely N-dealkylation sites (N-methyl/N-ethyl adjacent to an activating group) is 1. The highest BCUT2D eigenvalue weighted by Gasteiger charge is 2.24. The van der Waals surface area contributed by atoms with E-state index in [-0.39, 0.29) is 0 Å². The van der Waals surface area contributed by atoms with E-state index in [1.807, 2.05) is 13.2 Å². The fourth-order valence-electron chi connectivity index (χ4n) is 2.93. The molecule has 108 valence electrons. The molecule has 2 unspecified atom stereocenters. The van der Waals surface area contributed by atoms with Gasteiger partial charge in [0.1, 0.15) is 0 Å². The summed E-state index contributed by atoms with van der Waals surface area (Å²) in [4.78, 5) is 0. The molecule has 3 heteroatoms. The third-order valence-electron chi connectivity index (χ3n) is 3.88. The van der Waals surface area contributed by atoms with Crippen LogP contribution in [0.2, 0.25) is 0 Å². The maximum atomic E-state index is 4.46. The van der Waals surface area contributed by atoms with Gasteiger partial charge in [0.05, 0.1) is 11.7 Å². The topological polar surface area (TPSA) is 29.9 Å². The van der Waals surface area contributed by atoms with Gasteiger partial charge in [-0.05, 0) is 31.5 Å². The van der Waals surface area contributed by atoms with Gasteiger partial charge in [0.2, 0.25) is 0 Å². The lowest BCUT2D eigenvalue weighted by atomic mass is 9.87. The van der Waals surface area contributed by atoms with E-state index in [4.69, 9.17) is 0 Å². The highest BCUT2D eigenvalue weighted by molar-refractivity contribution is 5.24. The Morgan fingerprint density at radius 1 is 1.15 bits per heavy atom. The van der Waals surface area contributed by atoms with E-state index in [1.54, 1.807) is 0 Å². The molecule has 20 heavy (non-hydrogen) atoms. The first-order valence-electron chi connectivity index (χ1n) is 7.55. The summed E-state index contributed by atoms with van der Waals surface area (Å²) in [5.41, 5.74) is 2.67. The molecule has 1 N–H and O–H groups in total. The maximum Gasteiger partial charge on any atom is 0.0559 e. The molecule has 0 spiro atoms. The lowest BCUT2D eigenvalue weighted by molar-refractivity contribution is 0.425. The van der Waals surface area contributed by atoms with Crippen LogP contribution in [0.15, 0.2) is 42.6 Å². The number of hydrogen-bond donors (Lipinski definition) is 1. The summed E-state index contributed by atoms with van der Waals surface area (Å²) in [6.07, 6.45) is 4.12. The number of benzene rings is 1. The van der Waals surface area contributed by atoms with Crippen LogP contribution in [0.3, 0.4) is 0 Å². The van der Waals surface area contributed by atoms with Crippen LogP contribution in [0.1, 0.15) is 49.9 Å². The molecule has 2 atom stereocenters. The van der Waals surface area contributed by atoms with Crippen molar-refractivity contribution >= 4 is 0 Å². The Kier molecular flexibility index (Phi) is 5.36. The molecule has 0 fully saturated rings. The smallest absolute Gasteiger partial charge is 0.0559 e. The molecule has 0 radical (unpaired) electrons. The van der Waals surface area contributed by atoms with Crippen LogP contribution in [0.25, 0.3) is 0 Å². The molecule has 3 nitrogen and oxygen atoms in total. The molecule has 2 aromatic rings. The van der Waals surface area contributed by atoms with Crippen molar-refractivity contribution in [3.63, 3.8) is 0 Å². The predicted molar refractivity (Wildman–Crippen MR) is 83.8 cm³/mol. The van der Waals surface area contributed by atoms with Crippen molar-refractivity contribution < 1.29 is 0 Å². The van der Waals surface area contributed by atoms with Crippen molar-refractivity contribution in [3.05, 3.63) is 53.9 Å². The van der Waals surface area contributed by atoms with Crippen LogP contribution < -0.4 is 5.32 Å². The number of rotatable bonds is 7. The Labute approximate surface area is 122 Å². The molecule has 1 aromatic carbocycles. The van der Waals surface area contributed by atoms with Gasteiger partial charge in [0.15, 0.2) is 0 Å². The van der Waals surface area contributed by atoms with Gasteiger partial charge in [-0.25, -0.2) is 0 Å². The second-order valence-electron chi connectivity index (χ2n) is 5.17. The van der Waals surface area contributed by atoms with Crippen molar-refractivity contribution in [1.82, 2.24) is 15.1 Å². The molecular weight excluding hydrogens is 246 g/mol. The molecule has 0 saturated carbocycles. The SMILES string of the molecule is CCCn1nccc1C(NC)C(CC)c1ccccc1. The summed E-state index contributed by atoms with van der Waals surface area (Å²) in [5.74, 6) is 0.466. The van der Waals surface area contributed by atoms with Crippen molar-refractivity contribution in [2.45, 2.75) is 45.2 Å². The fourth-order valence-corrected chi connectivity index (χ4v) is 2.93. The molecule has 0 amide bonds. The quantitative estimate of drug-likeness (QED) is 0.831. The van der Waals surface area contributed by atoms with Gasteiger partial charge in [-0.1, -0.05) is 44.2 Å². The summed E-state index contributed by atoms with van der Waals surface area (Å²) in [6, 6.07) is 13.2. The first-order chi connectivity index (χ1) is 9.81. The number of aromatic nitrogens is 2. The zero-order chi connectivity index (χ0) is 14.4. The van der Waals surface area contributed by atoms with E-state index in [9.17, 15) is 0 Å². The van der Waals surface area contributed by atoms with Crippen LogP contribution in [-0.4, -0.2) is 16.8 Å². The second-order valence-corrected chi connectivity index (χ2v) is 5.17. The van der Waals surface area contributed by atoms with Gasteiger partial charge < -0.3 is 5.32 Å². The minimum Gasteiger partial charge on any atom is -0.311 e. The highest BCUT2D eigenvalue weighted by atomic mass is 15.3. The van der Waals surface area contributed by atoms with Gasteiger partial charge in [-0.3, -0.25) is 4.68 Å². The number of nitrogens with one attached hydrogen (secondary N) is 1. The predicted octanol–water partition coefficient (Wildman–Crippen LogP) is 3.75. The fraction of sp³-hybridized carbons (Fsp3) is 0.471. The molecule has 0 aliphatic heterocycles. The number of hydrogen-bond acceptors (Lipinski definition) is 2. The zero-order valence-electron chi connectivity index (χ0n) is 12.7. The normalized spacial score (nSPS) is 14.2. The minimum atomic E-state index is 0.302. The number of nitrogens with zero attached hydrogens (tertiary/aromatic N) is 2. The molecule has 0 aliphatic rings. The third-order valence-corrected chi connectivity index (χ3v) is 3.88. The first kappa shape index (κ1) is 14.8. The molecular formula is C17H25N3. The molecule has 1 heterocycles. The van der Waals surface area contributed by atoms with Crippen LogP contribution in [0.5, 0.6) is 0 Å². The average Bonchev–Trinajstić information content (AvgIpc) is 2.94. The van der Waals surface area contributed by atoms with Crippen molar-refractivity contribution in [1.29, 1.82) is 0 Å². The Morgan fingerprint density at radius 2 is 1.90 bits per heavy atom. The molecule has 0 saturated heterocycles. The van der Waals surface area contributed by atoms with Gasteiger partial charge >= 0.3 is 0 Å². The summed E-state index contributed by atoms with van der Waals surface area (Å²) in [5, 5.41) is 7.95. The zero-order valence-corrected chi connectivity index (χ0v) is 12.7. The lowest BCUT2D eigenvalue weighted by Crippen LogP contribution is -2.26. The van der Waals surface area contributed by atoms with Crippen LogP contribution >= 0.6 is 0 Å². The van der Waals surface area contributed by atoms with Crippen molar-refractivity contribution in [3.8, 4) is 0 Å². The molecule has 1 aromatic heterocycles. The molecule has 2 rings (SSSR count). The standard InChI is InChI=1S/C17H25N3/c1-4-13-20-16(11-12-19-20)17(18-3)15(5-2)14-9-7-6-8-10-14/h6-12,15,17-18H,4-5,13H2,1-3H3. The molecule has 0 aliphatic carbocycles. The van der Waals surface area contributed by atoms with Crippen LogP contribution in [-0.2, 0) is 6.54 Å². The summed E-state index contributed by atoms with van der Waals surface area (Å²) in [6.45, 7) is 5.42. The van der Waals surface area contributed by atoms with E-state index in [0.717, 1.165) is 19.4 Å². The van der Waals surface area contributed by atoms with Crippen LogP contribution in [0.4, 0.5) is 0 Å². The van der Waals surface area contributed by atoms with E-state index in [2.05, 4.69) is 65.3 Å². The van der Waals surface area contributed by atoms with E-state index < -0.39 is 0 Å². The lowest BCUT2D eigenvalue weighted by Gasteiger charge is -2.27. The van der Waals surface area contributed by atoms with Gasteiger partial charge in [0, 0.05) is 18.7 Å². The minimum absolute atomic E-state index is 0.302. The van der Waals surface area contributed by atoms with Gasteiger partial charge in [-0.2, -0.15) is 5.10 Å². The summed E-state index contributed by atoms with van der Waals surface area (Å²) >= 11 is 0. The Bertz CT molecular complexity index is 504. The number of aryl methyl sites for hydroxylation is 1. The Balaban J connectivity index is 2.32. The maximum absolute atomic E-state index is 4.46. The second kappa shape index (κ2) is 7.25. The first-order valence-corrected chi connectivity index (χ1v) is 7.55. The van der Waals surface area contributed by atoms with Crippen molar-refractivity contribution in [2.75, 3.05) is 7.05 Å². The van der Waals surface area contributed by atoms with Gasteiger partial charge in [-0.15, -0.1) is 0 Å². The molecule has 0 bridgehead atoms. The summed E-state index contributed by atoms with van der Waals surface area (Å²) in [7, 11) is 2.04. The third kappa shape index (κ3) is 3.10.